The SMILES string of the molecule is CNCc1cnc(C)n1CC1CC2CCC1C2. The lowest BCUT2D eigenvalue weighted by atomic mass is 9.89. The van der Waals surface area contributed by atoms with Crippen LogP contribution in [0.25, 0.3) is 0 Å². The highest BCUT2D eigenvalue weighted by atomic mass is 15.1. The molecule has 3 heteroatoms. The molecule has 0 saturated heterocycles. The van der Waals surface area contributed by atoms with Gasteiger partial charge >= 0.3 is 0 Å². The maximum absolute atomic E-state index is 4.46. The second-order valence-corrected chi connectivity index (χ2v) is 5.87. The summed E-state index contributed by atoms with van der Waals surface area (Å²) in [5.41, 5.74) is 1.34. The van der Waals surface area contributed by atoms with Crippen molar-refractivity contribution in [2.45, 2.75) is 45.7 Å². The van der Waals surface area contributed by atoms with E-state index in [1.807, 2.05) is 13.2 Å². The summed E-state index contributed by atoms with van der Waals surface area (Å²) in [5.74, 6) is 4.14. The van der Waals surface area contributed by atoms with Gasteiger partial charge in [-0.15, -0.1) is 0 Å². The molecule has 2 bridgehead atoms. The van der Waals surface area contributed by atoms with Gasteiger partial charge in [-0.3, -0.25) is 0 Å². The summed E-state index contributed by atoms with van der Waals surface area (Å²) >= 11 is 0. The molecule has 1 aromatic heterocycles. The zero-order valence-corrected chi connectivity index (χ0v) is 10.9. The molecule has 3 rings (SSSR count). The molecular weight excluding hydrogens is 210 g/mol. The first-order chi connectivity index (χ1) is 8.28. The van der Waals surface area contributed by atoms with Gasteiger partial charge in [0.05, 0.1) is 5.69 Å². The maximum atomic E-state index is 4.46. The van der Waals surface area contributed by atoms with E-state index in [2.05, 4.69) is 21.8 Å². The number of aryl methyl sites for hydroxylation is 1. The van der Waals surface area contributed by atoms with Crippen LogP contribution >= 0.6 is 0 Å². The molecule has 3 atom stereocenters. The van der Waals surface area contributed by atoms with E-state index in [1.54, 1.807) is 0 Å². The molecule has 0 spiro atoms. The molecule has 94 valence electrons. The van der Waals surface area contributed by atoms with Crippen LogP contribution in [0.1, 0.15) is 37.2 Å². The number of imidazole rings is 1. The summed E-state index contributed by atoms with van der Waals surface area (Å²) in [6.45, 7) is 4.26. The van der Waals surface area contributed by atoms with E-state index >= 15 is 0 Å². The van der Waals surface area contributed by atoms with Crippen LogP contribution in [0, 0.1) is 24.7 Å². The third kappa shape index (κ3) is 2.01. The molecule has 2 fully saturated rings. The predicted octanol–water partition coefficient (Wildman–Crippen LogP) is 2.35. The molecule has 2 aliphatic rings. The lowest BCUT2D eigenvalue weighted by molar-refractivity contribution is 0.291. The first-order valence-corrected chi connectivity index (χ1v) is 6.93. The minimum absolute atomic E-state index is 0.914. The molecule has 0 aliphatic heterocycles. The Morgan fingerprint density at radius 3 is 2.94 bits per heavy atom. The average molecular weight is 233 g/mol. The Bertz CT molecular complexity index is 396. The number of nitrogens with one attached hydrogen (secondary N) is 1. The van der Waals surface area contributed by atoms with E-state index in [4.69, 9.17) is 0 Å². The molecule has 1 heterocycles. The van der Waals surface area contributed by atoms with E-state index in [-0.39, 0.29) is 0 Å². The van der Waals surface area contributed by atoms with Crippen LogP contribution < -0.4 is 5.32 Å². The molecule has 0 amide bonds. The molecule has 1 N–H and O–H groups in total. The van der Waals surface area contributed by atoms with Crippen LogP contribution in [0.3, 0.4) is 0 Å². The largest absolute Gasteiger partial charge is 0.331 e. The van der Waals surface area contributed by atoms with Gasteiger partial charge < -0.3 is 9.88 Å². The average Bonchev–Trinajstić information content (AvgIpc) is 3.00. The third-order valence-corrected chi connectivity index (χ3v) is 4.80. The highest BCUT2D eigenvalue weighted by molar-refractivity contribution is 5.05. The van der Waals surface area contributed by atoms with Gasteiger partial charge in [0, 0.05) is 19.3 Å². The van der Waals surface area contributed by atoms with Gasteiger partial charge in [0.15, 0.2) is 0 Å². The summed E-state index contributed by atoms with van der Waals surface area (Å²) in [4.78, 5) is 4.46. The number of rotatable bonds is 4. The lowest BCUT2D eigenvalue weighted by Crippen LogP contribution is -2.21. The van der Waals surface area contributed by atoms with Crippen molar-refractivity contribution in [3.8, 4) is 0 Å². The van der Waals surface area contributed by atoms with Crippen molar-refractivity contribution >= 4 is 0 Å². The minimum Gasteiger partial charge on any atom is -0.331 e. The Hall–Kier alpha value is -0.830. The van der Waals surface area contributed by atoms with Crippen molar-refractivity contribution in [1.29, 1.82) is 0 Å². The van der Waals surface area contributed by atoms with Gasteiger partial charge in [-0.1, -0.05) is 6.42 Å². The molecule has 17 heavy (non-hydrogen) atoms. The van der Waals surface area contributed by atoms with Crippen LogP contribution in [0.4, 0.5) is 0 Å². The van der Waals surface area contributed by atoms with Crippen molar-refractivity contribution in [2.24, 2.45) is 17.8 Å². The number of hydrogen-bond donors (Lipinski definition) is 1. The van der Waals surface area contributed by atoms with E-state index in [0.717, 1.165) is 24.3 Å². The minimum atomic E-state index is 0.914. The normalized spacial score (nSPS) is 31.3. The summed E-state index contributed by atoms with van der Waals surface area (Å²) in [6.07, 6.45) is 7.96. The topological polar surface area (TPSA) is 29.9 Å². The summed E-state index contributed by atoms with van der Waals surface area (Å²) in [5, 5.41) is 3.24. The van der Waals surface area contributed by atoms with Gasteiger partial charge in [-0.25, -0.2) is 4.98 Å². The number of fused-ring (bicyclic) bond motifs is 2. The number of hydrogen-bond acceptors (Lipinski definition) is 2. The Kier molecular flexibility index (Phi) is 2.95. The van der Waals surface area contributed by atoms with Gasteiger partial charge in [0.1, 0.15) is 5.82 Å². The van der Waals surface area contributed by atoms with E-state index in [9.17, 15) is 0 Å². The van der Waals surface area contributed by atoms with E-state index in [0.29, 0.717) is 0 Å². The highest BCUT2D eigenvalue weighted by Gasteiger charge is 2.39. The lowest BCUT2D eigenvalue weighted by Gasteiger charge is -2.23. The van der Waals surface area contributed by atoms with Crippen LogP contribution in [-0.4, -0.2) is 16.6 Å². The smallest absolute Gasteiger partial charge is 0.105 e. The van der Waals surface area contributed by atoms with Gasteiger partial charge in [-0.2, -0.15) is 0 Å². The van der Waals surface area contributed by atoms with Gasteiger partial charge in [0.2, 0.25) is 0 Å². The molecule has 2 saturated carbocycles. The predicted molar refractivity (Wildman–Crippen MR) is 68.7 cm³/mol. The second-order valence-electron chi connectivity index (χ2n) is 5.87. The number of aromatic nitrogens is 2. The Balaban J connectivity index is 1.74. The third-order valence-electron chi connectivity index (χ3n) is 4.80. The Morgan fingerprint density at radius 1 is 1.41 bits per heavy atom. The van der Waals surface area contributed by atoms with Crippen LogP contribution in [-0.2, 0) is 13.1 Å². The molecular formula is C14H23N3. The molecule has 0 aromatic carbocycles. The molecule has 1 aromatic rings. The maximum Gasteiger partial charge on any atom is 0.105 e. The van der Waals surface area contributed by atoms with Crippen molar-refractivity contribution in [1.82, 2.24) is 14.9 Å². The van der Waals surface area contributed by atoms with Crippen LogP contribution in [0.5, 0.6) is 0 Å². The molecule has 3 unspecified atom stereocenters. The molecule has 0 radical (unpaired) electrons. The van der Waals surface area contributed by atoms with Crippen molar-refractivity contribution in [2.75, 3.05) is 7.05 Å². The second kappa shape index (κ2) is 4.45. The zero-order chi connectivity index (χ0) is 11.8. The number of nitrogens with zero attached hydrogens (tertiary/aromatic N) is 2. The molecule has 3 nitrogen and oxygen atoms in total. The van der Waals surface area contributed by atoms with Crippen LogP contribution in [0.2, 0.25) is 0 Å². The van der Waals surface area contributed by atoms with E-state index < -0.39 is 0 Å². The van der Waals surface area contributed by atoms with Crippen molar-refractivity contribution in [3.63, 3.8) is 0 Å². The van der Waals surface area contributed by atoms with Crippen LogP contribution in [0.15, 0.2) is 6.20 Å². The van der Waals surface area contributed by atoms with Crippen molar-refractivity contribution < 1.29 is 0 Å². The summed E-state index contributed by atoms with van der Waals surface area (Å²) in [7, 11) is 2.00. The Morgan fingerprint density at radius 2 is 2.29 bits per heavy atom. The standard InChI is InChI=1S/C14H23N3/c1-10-16-8-14(7-15-2)17(10)9-13-6-11-3-4-12(13)5-11/h8,11-13,15H,3-7,9H2,1-2H3. The monoisotopic (exact) mass is 233 g/mol. The molecule has 2 aliphatic carbocycles. The summed E-state index contributed by atoms with van der Waals surface area (Å²) < 4.78 is 2.43. The van der Waals surface area contributed by atoms with E-state index in [1.165, 1.54) is 43.7 Å². The zero-order valence-electron chi connectivity index (χ0n) is 10.9. The highest BCUT2D eigenvalue weighted by Crippen LogP contribution is 2.48. The fourth-order valence-corrected chi connectivity index (χ4v) is 3.92. The van der Waals surface area contributed by atoms with Gasteiger partial charge in [-0.05, 0) is 51.0 Å². The quantitative estimate of drug-likeness (QED) is 0.865. The first kappa shape index (κ1) is 11.3. The van der Waals surface area contributed by atoms with Gasteiger partial charge in [0.25, 0.3) is 0 Å². The van der Waals surface area contributed by atoms with Crippen molar-refractivity contribution in [3.05, 3.63) is 17.7 Å². The fraction of sp³-hybridized carbons (Fsp3) is 0.786. The fourth-order valence-electron chi connectivity index (χ4n) is 3.92. The Labute approximate surface area is 104 Å². The summed E-state index contributed by atoms with van der Waals surface area (Å²) in [6, 6.07) is 0. The first-order valence-electron chi connectivity index (χ1n) is 6.93.